The Kier molecular flexibility index (Phi) is 7.69. The molecule has 0 spiro atoms. The minimum absolute atomic E-state index is 0.0357. The lowest BCUT2D eigenvalue weighted by Gasteiger charge is -2.17. The molecule has 0 saturated heterocycles. The zero-order valence-electron chi connectivity index (χ0n) is 16.0. The van der Waals surface area contributed by atoms with Gasteiger partial charge >= 0.3 is 5.97 Å². The van der Waals surface area contributed by atoms with Crippen LogP contribution in [0, 0.1) is 12.7 Å². The maximum Gasteiger partial charge on any atom is 0.306 e. The summed E-state index contributed by atoms with van der Waals surface area (Å²) in [5.41, 5.74) is 0.581. The predicted molar refractivity (Wildman–Crippen MR) is 103 cm³/mol. The lowest BCUT2D eigenvalue weighted by molar-refractivity contribution is -0.151. The van der Waals surface area contributed by atoms with Gasteiger partial charge in [-0.1, -0.05) is 6.07 Å². The molecule has 1 amide bonds. The van der Waals surface area contributed by atoms with E-state index in [-0.39, 0.29) is 30.9 Å². The molecule has 1 aromatic carbocycles. The Morgan fingerprint density at radius 2 is 1.89 bits per heavy atom. The van der Waals surface area contributed by atoms with Gasteiger partial charge in [0.25, 0.3) is 5.91 Å². The van der Waals surface area contributed by atoms with Gasteiger partial charge in [-0.15, -0.1) is 11.3 Å². The first kappa shape index (κ1) is 21.6. The molecule has 1 aromatic heterocycles. The number of ketones is 1. The molecule has 0 atom stereocenters. The van der Waals surface area contributed by atoms with Crippen LogP contribution >= 0.6 is 11.3 Å². The standard InChI is InChI=1S/C20H22FNO5S/c1-13-4-8-18(28-13)16(23)6-9-20(25)27-12-19(24)22(2)11-14-5-7-17(26-3)15(21)10-14/h4-5,7-8,10H,6,9,11-12H2,1-3H3. The molecule has 0 bridgehead atoms. The molecular weight excluding hydrogens is 385 g/mol. The smallest absolute Gasteiger partial charge is 0.306 e. The van der Waals surface area contributed by atoms with Crippen molar-refractivity contribution in [1.29, 1.82) is 0 Å². The zero-order valence-corrected chi connectivity index (χ0v) is 16.8. The van der Waals surface area contributed by atoms with E-state index in [2.05, 4.69) is 0 Å². The number of carbonyl (C=O) groups excluding carboxylic acids is 3. The molecule has 8 heteroatoms. The van der Waals surface area contributed by atoms with Gasteiger partial charge in [0.05, 0.1) is 18.4 Å². The summed E-state index contributed by atoms with van der Waals surface area (Å²) >= 11 is 1.38. The molecule has 0 radical (unpaired) electrons. The van der Waals surface area contributed by atoms with Crippen LogP contribution in [0.4, 0.5) is 4.39 Å². The van der Waals surface area contributed by atoms with E-state index >= 15 is 0 Å². The van der Waals surface area contributed by atoms with Crippen LogP contribution in [0.5, 0.6) is 5.75 Å². The molecule has 6 nitrogen and oxygen atoms in total. The maximum atomic E-state index is 13.7. The molecule has 0 aliphatic carbocycles. The van der Waals surface area contributed by atoms with Gasteiger partial charge in [0.1, 0.15) is 0 Å². The average Bonchev–Trinajstić information content (AvgIpc) is 3.10. The Hall–Kier alpha value is -2.74. The number of hydrogen-bond acceptors (Lipinski definition) is 6. The molecule has 0 fully saturated rings. The number of Topliss-reactive ketones (excluding diaryl/α,β-unsaturated/α-hetero) is 1. The number of ether oxygens (including phenoxy) is 2. The maximum absolute atomic E-state index is 13.7. The van der Waals surface area contributed by atoms with E-state index < -0.39 is 24.3 Å². The van der Waals surface area contributed by atoms with Gasteiger partial charge < -0.3 is 14.4 Å². The topological polar surface area (TPSA) is 72.9 Å². The number of likely N-dealkylation sites (N-methyl/N-ethyl adjacent to an activating group) is 1. The molecule has 0 aliphatic rings. The van der Waals surface area contributed by atoms with E-state index in [0.717, 1.165) is 4.88 Å². The van der Waals surface area contributed by atoms with E-state index in [1.54, 1.807) is 12.1 Å². The Morgan fingerprint density at radius 1 is 1.14 bits per heavy atom. The summed E-state index contributed by atoms with van der Waals surface area (Å²) in [7, 11) is 2.90. The van der Waals surface area contributed by atoms with Crippen molar-refractivity contribution in [3.05, 3.63) is 51.5 Å². The van der Waals surface area contributed by atoms with Gasteiger partial charge in [-0.3, -0.25) is 14.4 Å². The SMILES string of the molecule is COc1ccc(CN(C)C(=O)COC(=O)CCC(=O)c2ccc(C)s2)cc1F. The lowest BCUT2D eigenvalue weighted by Crippen LogP contribution is -2.30. The third kappa shape index (κ3) is 6.16. The summed E-state index contributed by atoms with van der Waals surface area (Å²) in [6, 6.07) is 7.99. The first-order chi connectivity index (χ1) is 13.3. The second kappa shape index (κ2) is 9.98. The quantitative estimate of drug-likeness (QED) is 0.471. The minimum atomic E-state index is -0.612. The van der Waals surface area contributed by atoms with Crippen LogP contribution in [0.15, 0.2) is 30.3 Å². The predicted octanol–water partition coefficient (Wildman–Crippen LogP) is 3.37. The average molecular weight is 407 g/mol. The monoisotopic (exact) mass is 407 g/mol. The van der Waals surface area contributed by atoms with E-state index in [1.807, 2.05) is 13.0 Å². The number of hydrogen-bond donors (Lipinski definition) is 0. The third-order valence-electron chi connectivity index (χ3n) is 3.99. The molecule has 0 aliphatic heterocycles. The fourth-order valence-corrected chi connectivity index (χ4v) is 3.25. The van der Waals surface area contributed by atoms with E-state index in [9.17, 15) is 18.8 Å². The van der Waals surface area contributed by atoms with Crippen molar-refractivity contribution in [2.45, 2.75) is 26.3 Å². The van der Waals surface area contributed by atoms with Crippen LogP contribution < -0.4 is 4.74 Å². The number of thiophene rings is 1. The summed E-state index contributed by atoms with van der Waals surface area (Å²) in [5.74, 6) is -1.56. The number of amides is 1. The van der Waals surface area contributed by atoms with Crippen molar-refractivity contribution in [3.63, 3.8) is 0 Å². The zero-order chi connectivity index (χ0) is 20.7. The van der Waals surface area contributed by atoms with Crippen molar-refractivity contribution < 1.29 is 28.2 Å². The van der Waals surface area contributed by atoms with Gasteiger partial charge in [-0.05, 0) is 36.8 Å². The number of carbonyl (C=O) groups is 3. The fourth-order valence-electron chi connectivity index (χ4n) is 2.42. The van der Waals surface area contributed by atoms with Gasteiger partial charge in [0.2, 0.25) is 0 Å². The van der Waals surface area contributed by atoms with Crippen LogP contribution in [0.3, 0.4) is 0 Å². The molecule has 0 N–H and O–H groups in total. The van der Waals surface area contributed by atoms with Crippen LogP contribution in [-0.4, -0.2) is 43.3 Å². The lowest BCUT2D eigenvalue weighted by atomic mass is 10.2. The molecular formula is C20H22FNO5S. The molecule has 28 heavy (non-hydrogen) atoms. The number of benzene rings is 1. The van der Waals surface area contributed by atoms with Crippen molar-refractivity contribution in [1.82, 2.24) is 4.90 Å². The second-order valence-corrected chi connectivity index (χ2v) is 7.50. The van der Waals surface area contributed by atoms with E-state index in [1.165, 1.54) is 42.5 Å². The Bertz CT molecular complexity index is 864. The van der Waals surface area contributed by atoms with Gasteiger partial charge in [0, 0.05) is 24.9 Å². The normalized spacial score (nSPS) is 10.4. The largest absolute Gasteiger partial charge is 0.494 e. The van der Waals surface area contributed by atoms with Gasteiger partial charge in [-0.2, -0.15) is 0 Å². The number of methoxy groups -OCH3 is 1. The van der Waals surface area contributed by atoms with Crippen LogP contribution in [0.1, 0.15) is 33.0 Å². The molecule has 150 valence electrons. The van der Waals surface area contributed by atoms with Crippen LogP contribution in [0.2, 0.25) is 0 Å². The highest BCUT2D eigenvalue weighted by Gasteiger charge is 2.15. The van der Waals surface area contributed by atoms with E-state index in [4.69, 9.17) is 9.47 Å². The fraction of sp³-hybridized carbons (Fsp3) is 0.350. The summed E-state index contributed by atoms with van der Waals surface area (Å²) in [4.78, 5) is 38.8. The highest BCUT2D eigenvalue weighted by molar-refractivity contribution is 7.14. The molecule has 0 unspecified atom stereocenters. The summed E-state index contributed by atoms with van der Waals surface area (Å²) in [6.45, 7) is 1.63. The van der Waals surface area contributed by atoms with Gasteiger partial charge in [-0.25, -0.2) is 4.39 Å². The Morgan fingerprint density at radius 3 is 2.50 bits per heavy atom. The number of aryl methyl sites for hydroxylation is 1. The highest BCUT2D eigenvalue weighted by Crippen LogP contribution is 2.19. The number of nitrogens with zero attached hydrogens (tertiary/aromatic N) is 1. The summed E-state index contributed by atoms with van der Waals surface area (Å²) in [6.07, 6.45) is -0.0512. The second-order valence-electron chi connectivity index (χ2n) is 6.21. The number of halogens is 1. The van der Waals surface area contributed by atoms with Crippen LogP contribution in [-0.2, 0) is 20.9 Å². The van der Waals surface area contributed by atoms with Crippen molar-refractivity contribution in [2.75, 3.05) is 20.8 Å². The summed E-state index contributed by atoms with van der Waals surface area (Å²) < 4.78 is 23.5. The summed E-state index contributed by atoms with van der Waals surface area (Å²) in [5, 5.41) is 0. The molecule has 2 aromatic rings. The van der Waals surface area contributed by atoms with Crippen LogP contribution in [0.25, 0.3) is 0 Å². The molecule has 2 rings (SSSR count). The minimum Gasteiger partial charge on any atom is -0.494 e. The molecule has 0 saturated carbocycles. The van der Waals surface area contributed by atoms with Crippen molar-refractivity contribution in [3.8, 4) is 5.75 Å². The van der Waals surface area contributed by atoms with Crippen molar-refractivity contribution >= 4 is 29.0 Å². The molecule has 1 heterocycles. The number of esters is 1. The first-order valence-corrected chi connectivity index (χ1v) is 9.43. The van der Waals surface area contributed by atoms with Crippen molar-refractivity contribution in [2.24, 2.45) is 0 Å². The highest BCUT2D eigenvalue weighted by atomic mass is 32.1. The van der Waals surface area contributed by atoms with Gasteiger partial charge in [0.15, 0.2) is 24.0 Å². The Labute approximate surface area is 166 Å². The Balaban J connectivity index is 1.75. The number of rotatable bonds is 9. The van der Waals surface area contributed by atoms with E-state index in [0.29, 0.717) is 10.4 Å². The first-order valence-electron chi connectivity index (χ1n) is 8.61. The third-order valence-corrected chi connectivity index (χ3v) is 5.03.